The molecule has 1 fully saturated rings. The molecular formula is C14H24N4. The first kappa shape index (κ1) is 13.3. The Bertz CT molecular complexity index is 359. The van der Waals surface area contributed by atoms with Crippen molar-refractivity contribution >= 4 is 5.82 Å². The lowest BCUT2D eigenvalue weighted by atomic mass is 10.2. The third kappa shape index (κ3) is 3.42. The van der Waals surface area contributed by atoms with Gasteiger partial charge in [0.05, 0.1) is 5.69 Å². The zero-order chi connectivity index (χ0) is 13.0. The van der Waals surface area contributed by atoms with Gasteiger partial charge in [-0.1, -0.05) is 6.92 Å². The molecule has 1 heterocycles. The largest absolute Gasteiger partial charge is 0.353 e. The first-order valence-electron chi connectivity index (χ1n) is 7.07. The Morgan fingerprint density at radius 3 is 2.61 bits per heavy atom. The van der Waals surface area contributed by atoms with Crippen molar-refractivity contribution in [3.8, 4) is 0 Å². The van der Waals surface area contributed by atoms with Gasteiger partial charge in [0.25, 0.3) is 0 Å². The van der Waals surface area contributed by atoms with Gasteiger partial charge in [-0.15, -0.1) is 5.10 Å². The van der Waals surface area contributed by atoms with Crippen LogP contribution in [0.4, 0.5) is 5.82 Å². The minimum Gasteiger partial charge on any atom is -0.353 e. The van der Waals surface area contributed by atoms with E-state index < -0.39 is 0 Å². The van der Waals surface area contributed by atoms with Gasteiger partial charge in [0, 0.05) is 25.2 Å². The zero-order valence-corrected chi connectivity index (χ0v) is 11.7. The standard InChI is InChI=1S/C14H24N4/c1-4-11(3)18(5-2)14-9-8-13(16-17-14)10-15-12-6-7-12/h8-9,11-12,15H,4-7,10H2,1-3H3. The molecular weight excluding hydrogens is 224 g/mol. The highest BCUT2D eigenvalue weighted by atomic mass is 15.3. The smallest absolute Gasteiger partial charge is 0.151 e. The van der Waals surface area contributed by atoms with Crippen LogP contribution in [0.15, 0.2) is 12.1 Å². The van der Waals surface area contributed by atoms with E-state index >= 15 is 0 Å². The molecule has 0 aliphatic heterocycles. The van der Waals surface area contributed by atoms with Gasteiger partial charge in [0.15, 0.2) is 5.82 Å². The van der Waals surface area contributed by atoms with Crippen molar-refractivity contribution in [3.63, 3.8) is 0 Å². The molecule has 1 aromatic heterocycles. The lowest BCUT2D eigenvalue weighted by molar-refractivity contribution is 0.614. The van der Waals surface area contributed by atoms with Crippen LogP contribution in [0.25, 0.3) is 0 Å². The molecule has 100 valence electrons. The molecule has 1 atom stereocenters. The monoisotopic (exact) mass is 248 g/mol. The Labute approximate surface area is 110 Å². The van der Waals surface area contributed by atoms with E-state index in [0.29, 0.717) is 6.04 Å². The fraction of sp³-hybridized carbons (Fsp3) is 0.714. The Hall–Kier alpha value is -1.16. The second kappa shape index (κ2) is 6.14. The van der Waals surface area contributed by atoms with Crippen molar-refractivity contribution in [2.75, 3.05) is 11.4 Å². The second-order valence-electron chi connectivity index (χ2n) is 5.08. The predicted molar refractivity (Wildman–Crippen MR) is 74.7 cm³/mol. The average Bonchev–Trinajstić information content (AvgIpc) is 3.22. The normalized spacial score (nSPS) is 16.6. The van der Waals surface area contributed by atoms with Crippen molar-refractivity contribution in [2.24, 2.45) is 0 Å². The Morgan fingerprint density at radius 2 is 2.11 bits per heavy atom. The topological polar surface area (TPSA) is 41.0 Å². The summed E-state index contributed by atoms with van der Waals surface area (Å²) in [5, 5.41) is 12.1. The van der Waals surface area contributed by atoms with Crippen molar-refractivity contribution < 1.29 is 0 Å². The third-order valence-electron chi connectivity index (χ3n) is 3.61. The number of nitrogens with one attached hydrogen (secondary N) is 1. The van der Waals surface area contributed by atoms with Gasteiger partial charge < -0.3 is 10.2 Å². The summed E-state index contributed by atoms with van der Waals surface area (Å²) in [5.74, 6) is 0.988. The third-order valence-corrected chi connectivity index (χ3v) is 3.61. The van der Waals surface area contributed by atoms with E-state index in [2.05, 4.69) is 53.3 Å². The fourth-order valence-electron chi connectivity index (χ4n) is 2.06. The highest BCUT2D eigenvalue weighted by Gasteiger charge is 2.20. The van der Waals surface area contributed by atoms with E-state index in [1.54, 1.807) is 0 Å². The quantitative estimate of drug-likeness (QED) is 0.804. The Kier molecular flexibility index (Phi) is 4.53. The lowest BCUT2D eigenvalue weighted by Gasteiger charge is -2.27. The molecule has 1 aromatic rings. The zero-order valence-electron chi connectivity index (χ0n) is 11.7. The van der Waals surface area contributed by atoms with E-state index in [4.69, 9.17) is 0 Å². The molecule has 0 spiro atoms. The molecule has 2 rings (SSSR count). The second-order valence-corrected chi connectivity index (χ2v) is 5.08. The molecule has 1 aliphatic rings. The van der Waals surface area contributed by atoms with E-state index in [-0.39, 0.29) is 0 Å². The van der Waals surface area contributed by atoms with Crippen LogP contribution in [0.1, 0.15) is 45.7 Å². The molecule has 4 nitrogen and oxygen atoms in total. The number of hydrogen-bond donors (Lipinski definition) is 1. The van der Waals surface area contributed by atoms with Gasteiger partial charge in [0.1, 0.15) is 0 Å². The molecule has 1 saturated carbocycles. The molecule has 0 aromatic carbocycles. The predicted octanol–water partition coefficient (Wildman–Crippen LogP) is 2.35. The van der Waals surface area contributed by atoms with Crippen LogP contribution in [0.5, 0.6) is 0 Å². The van der Waals surface area contributed by atoms with Crippen molar-refractivity contribution in [2.45, 2.75) is 58.7 Å². The Balaban J connectivity index is 1.95. The van der Waals surface area contributed by atoms with Crippen LogP contribution in [0, 0.1) is 0 Å². The van der Waals surface area contributed by atoms with Crippen LogP contribution >= 0.6 is 0 Å². The van der Waals surface area contributed by atoms with E-state index in [1.807, 2.05) is 0 Å². The lowest BCUT2D eigenvalue weighted by Crippen LogP contribution is -2.33. The molecule has 0 saturated heterocycles. The minimum absolute atomic E-state index is 0.514. The van der Waals surface area contributed by atoms with Gasteiger partial charge in [-0.05, 0) is 45.2 Å². The van der Waals surface area contributed by atoms with Crippen LogP contribution in [-0.2, 0) is 6.54 Å². The van der Waals surface area contributed by atoms with E-state index in [0.717, 1.165) is 37.1 Å². The molecule has 1 N–H and O–H groups in total. The molecule has 4 heteroatoms. The number of rotatable bonds is 7. The molecule has 1 unspecified atom stereocenters. The maximum Gasteiger partial charge on any atom is 0.151 e. The van der Waals surface area contributed by atoms with Gasteiger partial charge in [0.2, 0.25) is 0 Å². The summed E-state index contributed by atoms with van der Waals surface area (Å²) >= 11 is 0. The SMILES string of the molecule is CCC(C)N(CC)c1ccc(CNC2CC2)nn1. The first-order valence-corrected chi connectivity index (χ1v) is 7.07. The summed E-state index contributed by atoms with van der Waals surface area (Å²) < 4.78 is 0. The Morgan fingerprint density at radius 1 is 1.33 bits per heavy atom. The summed E-state index contributed by atoms with van der Waals surface area (Å²) in [5.41, 5.74) is 1.03. The van der Waals surface area contributed by atoms with Gasteiger partial charge >= 0.3 is 0 Å². The van der Waals surface area contributed by atoms with E-state index in [1.165, 1.54) is 12.8 Å². The minimum atomic E-state index is 0.514. The van der Waals surface area contributed by atoms with Crippen molar-refractivity contribution in [1.82, 2.24) is 15.5 Å². The maximum absolute atomic E-state index is 4.35. The summed E-state index contributed by atoms with van der Waals surface area (Å²) in [4.78, 5) is 2.30. The summed E-state index contributed by atoms with van der Waals surface area (Å²) in [6.07, 6.45) is 3.74. The van der Waals surface area contributed by atoms with Crippen molar-refractivity contribution in [1.29, 1.82) is 0 Å². The number of nitrogens with zero attached hydrogens (tertiary/aromatic N) is 3. The molecule has 0 amide bonds. The van der Waals surface area contributed by atoms with Gasteiger partial charge in [-0.3, -0.25) is 0 Å². The highest BCUT2D eigenvalue weighted by Crippen LogP contribution is 2.19. The molecule has 18 heavy (non-hydrogen) atoms. The molecule has 0 radical (unpaired) electrons. The first-order chi connectivity index (χ1) is 8.74. The van der Waals surface area contributed by atoms with Crippen LogP contribution < -0.4 is 10.2 Å². The summed E-state index contributed by atoms with van der Waals surface area (Å²) in [6.45, 7) is 8.41. The van der Waals surface area contributed by atoms with Crippen LogP contribution in [0.3, 0.4) is 0 Å². The highest BCUT2D eigenvalue weighted by molar-refractivity contribution is 5.38. The van der Waals surface area contributed by atoms with Crippen LogP contribution in [0.2, 0.25) is 0 Å². The van der Waals surface area contributed by atoms with Crippen LogP contribution in [-0.4, -0.2) is 28.8 Å². The van der Waals surface area contributed by atoms with Gasteiger partial charge in [-0.2, -0.15) is 5.10 Å². The number of aromatic nitrogens is 2. The maximum atomic E-state index is 4.35. The number of hydrogen-bond acceptors (Lipinski definition) is 4. The van der Waals surface area contributed by atoms with Gasteiger partial charge in [-0.25, -0.2) is 0 Å². The molecule has 0 bridgehead atoms. The van der Waals surface area contributed by atoms with E-state index in [9.17, 15) is 0 Å². The fourth-order valence-corrected chi connectivity index (χ4v) is 2.06. The average molecular weight is 248 g/mol. The number of anilines is 1. The van der Waals surface area contributed by atoms with Crippen molar-refractivity contribution in [3.05, 3.63) is 17.8 Å². The summed E-state index contributed by atoms with van der Waals surface area (Å²) in [7, 11) is 0. The summed E-state index contributed by atoms with van der Waals surface area (Å²) in [6, 6.07) is 5.41. The molecule has 1 aliphatic carbocycles.